The molecular weight excluding hydrogens is 707 g/mol. The van der Waals surface area contributed by atoms with E-state index in [0.717, 1.165) is 57.8 Å². The zero-order chi connectivity index (χ0) is 41.7. The lowest BCUT2D eigenvalue weighted by molar-refractivity contribution is -0.151. The second kappa shape index (κ2) is 44.9. The number of esters is 1. The van der Waals surface area contributed by atoms with Crippen LogP contribution in [0.15, 0.2) is 48.6 Å². The quantitative estimate of drug-likeness (QED) is 0.0324. The Morgan fingerprint density at radius 1 is 0.526 bits per heavy atom. The Labute approximate surface area is 353 Å². The first-order valence-electron chi connectivity index (χ1n) is 24.4. The summed E-state index contributed by atoms with van der Waals surface area (Å²) in [5.41, 5.74) is 0. The van der Waals surface area contributed by atoms with Crippen molar-refractivity contribution in [3.63, 3.8) is 0 Å². The van der Waals surface area contributed by atoms with Crippen molar-refractivity contribution >= 4 is 11.9 Å². The second-order valence-electron chi connectivity index (χ2n) is 16.6. The van der Waals surface area contributed by atoms with E-state index >= 15 is 0 Å². The summed E-state index contributed by atoms with van der Waals surface area (Å²) < 4.78 is 5.87. The van der Waals surface area contributed by atoms with Crippen molar-refractivity contribution in [3.8, 4) is 0 Å². The summed E-state index contributed by atoms with van der Waals surface area (Å²) in [5.74, 6) is -0.538. The van der Waals surface area contributed by atoms with Gasteiger partial charge in [-0.3, -0.25) is 9.59 Å². The third-order valence-corrected chi connectivity index (χ3v) is 11.0. The lowest BCUT2D eigenvalue weighted by atomic mass is 10.0. The van der Waals surface area contributed by atoms with Crippen molar-refractivity contribution in [3.05, 3.63) is 48.6 Å². The van der Waals surface area contributed by atoms with Gasteiger partial charge in [-0.1, -0.05) is 236 Å². The Morgan fingerprint density at radius 3 is 1.40 bits per heavy atom. The first kappa shape index (κ1) is 54.8. The number of nitrogens with one attached hydrogen (secondary N) is 1. The number of carbonyl (C=O) groups excluding carboxylic acids is 2. The molecule has 6 heteroatoms. The average Bonchev–Trinajstić information content (AvgIpc) is 3.20. The summed E-state index contributed by atoms with van der Waals surface area (Å²) >= 11 is 0. The molecule has 0 aliphatic carbocycles. The molecule has 0 saturated carbocycles. The van der Waals surface area contributed by atoms with Crippen molar-refractivity contribution < 1.29 is 24.5 Å². The van der Waals surface area contributed by atoms with Crippen LogP contribution in [0.25, 0.3) is 0 Å². The summed E-state index contributed by atoms with van der Waals surface area (Å²) in [6.45, 7) is 6.32. The number of aliphatic hydroxyl groups is 2. The fourth-order valence-electron chi connectivity index (χ4n) is 7.33. The van der Waals surface area contributed by atoms with Gasteiger partial charge < -0.3 is 20.3 Å². The van der Waals surface area contributed by atoms with Crippen LogP contribution < -0.4 is 5.32 Å². The van der Waals surface area contributed by atoms with Gasteiger partial charge in [-0.05, 0) is 38.5 Å². The molecular formula is C51H93NO5. The third-order valence-electron chi connectivity index (χ3n) is 11.0. The molecule has 0 spiro atoms. The van der Waals surface area contributed by atoms with Gasteiger partial charge in [0.1, 0.15) is 6.10 Å². The van der Waals surface area contributed by atoms with E-state index in [-0.39, 0.29) is 24.9 Å². The van der Waals surface area contributed by atoms with E-state index in [2.05, 4.69) is 38.2 Å². The molecule has 0 aliphatic rings. The highest BCUT2D eigenvalue weighted by molar-refractivity contribution is 5.77. The smallest absolute Gasteiger partial charge is 0.306 e. The summed E-state index contributed by atoms with van der Waals surface area (Å²) in [6, 6.07) is -0.720. The molecule has 332 valence electrons. The normalized spacial score (nSPS) is 13.7. The van der Waals surface area contributed by atoms with Gasteiger partial charge in [0.15, 0.2) is 0 Å². The first-order valence-corrected chi connectivity index (χ1v) is 24.4. The number of hydrogen-bond acceptors (Lipinski definition) is 5. The predicted octanol–water partition coefficient (Wildman–Crippen LogP) is 14.3. The standard InChI is InChI=1S/C51H93NO5/c1-4-7-10-13-16-19-22-24-25-26-28-31-34-37-40-43-49(54)48(46-53)52-50(55)45-47(42-39-36-33-30-27-21-18-15-12-9-6-3)57-51(56)44-41-38-35-32-29-23-20-17-14-11-8-5-2/h9,12,15,18,21,27,30,33,47-49,53-54H,4-8,10-11,13-14,16-17,19-20,22-26,28-29,31-32,34-46H2,1-3H3,(H,52,55)/b12-9+,18-15+,27-21-,33-30-. The fourth-order valence-corrected chi connectivity index (χ4v) is 7.33. The van der Waals surface area contributed by atoms with Crippen LogP contribution in [0.1, 0.15) is 239 Å². The summed E-state index contributed by atoms with van der Waals surface area (Å²) in [4.78, 5) is 26.0. The van der Waals surface area contributed by atoms with Crippen LogP contribution >= 0.6 is 0 Å². The molecule has 3 unspecified atom stereocenters. The van der Waals surface area contributed by atoms with E-state index < -0.39 is 18.2 Å². The molecule has 0 heterocycles. The van der Waals surface area contributed by atoms with Gasteiger partial charge in [0.2, 0.25) is 5.91 Å². The number of unbranched alkanes of at least 4 members (excludes halogenated alkanes) is 26. The minimum absolute atomic E-state index is 0.0338. The highest BCUT2D eigenvalue weighted by Gasteiger charge is 2.24. The lowest BCUT2D eigenvalue weighted by Gasteiger charge is -2.24. The number of amides is 1. The van der Waals surface area contributed by atoms with Crippen molar-refractivity contribution in [2.75, 3.05) is 6.61 Å². The van der Waals surface area contributed by atoms with Gasteiger partial charge in [-0.2, -0.15) is 0 Å². The Balaban J connectivity index is 4.58. The van der Waals surface area contributed by atoms with Gasteiger partial charge in [-0.15, -0.1) is 0 Å². The molecule has 0 aromatic heterocycles. The predicted molar refractivity (Wildman–Crippen MR) is 245 cm³/mol. The number of carbonyl (C=O) groups is 2. The van der Waals surface area contributed by atoms with Crippen LogP contribution in [0.3, 0.4) is 0 Å². The summed E-state index contributed by atoms with van der Waals surface area (Å²) in [5, 5.41) is 23.7. The highest BCUT2D eigenvalue weighted by atomic mass is 16.5. The minimum Gasteiger partial charge on any atom is -0.462 e. The van der Waals surface area contributed by atoms with Crippen molar-refractivity contribution in [2.24, 2.45) is 0 Å². The van der Waals surface area contributed by atoms with Crippen LogP contribution in [0.4, 0.5) is 0 Å². The maximum Gasteiger partial charge on any atom is 0.306 e. The van der Waals surface area contributed by atoms with E-state index in [1.54, 1.807) is 0 Å². The molecule has 0 fully saturated rings. The molecule has 0 bridgehead atoms. The van der Waals surface area contributed by atoms with Crippen molar-refractivity contribution in [1.82, 2.24) is 5.32 Å². The molecule has 3 N–H and O–H groups in total. The van der Waals surface area contributed by atoms with Crippen molar-refractivity contribution in [2.45, 2.75) is 257 Å². The SMILES string of the molecule is CC/C=C/C=C/C=C\C=C/CCCC(CC(=O)NC(CO)C(O)CCCCCCCCCCCCCCCCC)OC(=O)CCCCCCCCCCCCCC. The fraction of sp³-hybridized carbons (Fsp3) is 0.804. The molecule has 0 aromatic carbocycles. The van der Waals surface area contributed by atoms with E-state index in [9.17, 15) is 19.8 Å². The first-order chi connectivity index (χ1) is 28.0. The molecule has 3 atom stereocenters. The maximum absolute atomic E-state index is 13.1. The third kappa shape index (κ3) is 40.4. The Morgan fingerprint density at radius 2 is 0.947 bits per heavy atom. The van der Waals surface area contributed by atoms with Crippen LogP contribution in [0.2, 0.25) is 0 Å². The molecule has 0 rings (SSSR count). The molecule has 6 nitrogen and oxygen atoms in total. The zero-order valence-electron chi connectivity index (χ0n) is 37.7. The summed E-state index contributed by atoms with van der Waals surface area (Å²) in [7, 11) is 0. The molecule has 0 aliphatic heterocycles. The lowest BCUT2D eigenvalue weighted by Crippen LogP contribution is -2.46. The zero-order valence-corrected chi connectivity index (χ0v) is 37.7. The van der Waals surface area contributed by atoms with E-state index in [0.29, 0.717) is 19.3 Å². The van der Waals surface area contributed by atoms with Gasteiger partial charge in [0.25, 0.3) is 0 Å². The number of aliphatic hydroxyl groups excluding tert-OH is 2. The minimum atomic E-state index is -0.802. The second-order valence-corrected chi connectivity index (χ2v) is 16.6. The van der Waals surface area contributed by atoms with Crippen LogP contribution in [-0.2, 0) is 14.3 Å². The van der Waals surface area contributed by atoms with Crippen LogP contribution in [0.5, 0.6) is 0 Å². The van der Waals surface area contributed by atoms with Gasteiger partial charge in [0, 0.05) is 6.42 Å². The van der Waals surface area contributed by atoms with Gasteiger partial charge in [0.05, 0.1) is 25.2 Å². The Bertz CT molecular complexity index is 988. The molecule has 57 heavy (non-hydrogen) atoms. The number of rotatable bonds is 43. The largest absolute Gasteiger partial charge is 0.462 e. The van der Waals surface area contributed by atoms with Crippen molar-refractivity contribution in [1.29, 1.82) is 0 Å². The van der Waals surface area contributed by atoms with E-state index in [1.807, 2.05) is 36.5 Å². The van der Waals surface area contributed by atoms with Gasteiger partial charge in [-0.25, -0.2) is 0 Å². The average molecular weight is 800 g/mol. The topological polar surface area (TPSA) is 95.9 Å². The van der Waals surface area contributed by atoms with E-state index in [1.165, 1.54) is 135 Å². The Kier molecular flexibility index (Phi) is 43.2. The van der Waals surface area contributed by atoms with Crippen LogP contribution in [-0.4, -0.2) is 46.9 Å². The van der Waals surface area contributed by atoms with E-state index in [4.69, 9.17) is 4.74 Å². The van der Waals surface area contributed by atoms with Crippen LogP contribution in [0, 0.1) is 0 Å². The Hall–Kier alpha value is -2.18. The molecule has 1 amide bonds. The maximum atomic E-state index is 13.1. The number of ether oxygens (including phenoxy) is 1. The molecule has 0 radical (unpaired) electrons. The summed E-state index contributed by atoms with van der Waals surface area (Å²) in [6.07, 6.45) is 53.2. The highest BCUT2D eigenvalue weighted by Crippen LogP contribution is 2.17. The monoisotopic (exact) mass is 800 g/mol. The van der Waals surface area contributed by atoms with Gasteiger partial charge >= 0.3 is 5.97 Å². The molecule has 0 saturated heterocycles. The number of hydrogen-bond donors (Lipinski definition) is 3. The number of allylic oxidation sites excluding steroid dienone is 8. The molecule has 0 aromatic rings.